The number of unbranched alkanes of at least 4 members (excludes halogenated alkanes) is 42. The van der Waals surface area contributed by atoms with E-state index >= 15 is 0 Å². The molecule has 0 fully saturated rings. The molecule has 5 N–H and O–H groups in total. The van der Waals surface area contributed by atoms with Crippen molar-refractivity contribution < 1.29 is 25.2 Å². The van der Waals surface area contributed by atoms with Crippen LogP contribution in [0.25, 0.3) is 0 Å². The molecule has 0 bridgehead atoms. The Bertz CT molecular complexity index is 1180. The molecule has 0 saturated heterocycles. The molecule has 0 rings (SSSR count). The highest BCUT2D eigenvalue weighted by Gasteiger charge is 2.28. The number of allylic oxidation sites excluding steroid dienone is 8. The maximum Gasteiger partial charge on any atom is 0.249 e. The minimum absolute atomic E-state index is 0.360. The fourth-order valence-electron chi connectivity index (χ4n) is 9.98. The van der Waals surface area contributed by atoms with Gasteiger partial charge in [0.25, 0.3) is 0 Å². The third-order valence-corrected chi connectivity index (χ3v) is 15.0. The molecule has 0 spiro atoms. The molecule has 0 aliphatic rings. The number of aliphatic hydroxyl groups is 4. The minimum Gasteiger partial charge on any atom is -0.394 e. The first kappa shape index (κ1) is 70.3. The average molecular weight is 1010 g/mol. The summed E-state index contributed by atoms with van der Waals surface area (Å²) in [6, 6.07) is -1.01. The van der Waals surface area contributed by atoms with Crippen LogP contribution in [0.4, 0.5) is 0 Å². The van der Waals surface area contributed by atoms with Crippen LogP contribution in [0.15, 0.2) is 48.6 Å². The van der Waals surface area contributed by atoms with Crippen molar-refractivity contribution in [2.45, 2.75) is 359 Å². The number of carbonyl (C=O) groups excluding carboxylic acids is 1. The number of aliphatic hydroxyl groups excluding tert-OH is 4. The van der Waals surface area contributed by atoms with E-state index < -0.39 is 36.9 Å². The van der Waals surface area contributed by atoms with Crippen LogP contribution in [-0.4, -0.2) is 57.3 Å². The van der Waals surface area contributed by atoms with Gasteiger partial charge in [-0.1, -0.05) is 300 Å². The second kappa shape index (κ2) is 60.1. The maximum atomic E-state index is 12.6. The molecule has 0 aliphatic carbocycles. The zero-order valence-corrected chi connectivity index (χ0v) is 48.2. The summed E-state index contributed by atoms with van der Waals surface area (Å²) in [7, 11) is 0. The fraction of sp³-hybridized carbons (Fsp3) is 0.864. The summed E-state index contributed by atoms with van der Waals surface area (Å²) in [6.45, 7) is 4.08. The van der Waals surface area contributed by atoms with Crippen molar-refractivity contribution in [2.24, 2.45) is 0 Å². The molecular weight excluding hydrogens is 887 g/mol. The lowest BCUT2D eigenvalue weighted by molar-refractivity contribution is -0.132. The summed E-state index contributed by atoms with van der Waals surface area (Å²) < 4.78 is 0. The summed E-state index contributed by atoms with van der Waals surface area (Å²) >= 11 is 0. The molecule has 1 amide bonds. The van der Waals surface area contributed by atoms with E-state index in [2.05, 4.69) is 67.8 Å². The Kier molecular flexibility index (Phi) is 58.7. The average Bonchev–Trinajstić information content (AvgIpc) is 3.39. The van der Waals surface area contributed by atoms with Gasteiger partial charge in [-0.05, 0) is 83.5 Å². The number of carbonyl (C=O) groups is 1. The van der Waals surface area contributed by atoms with Crippen molar-refractivity contribution in [1.82, 2.24) is 5.32 Å². The molecule has 6 heteroatoms. The van der Waals surface area contributed by atoms with Crippen molar-refractivity contribution in [3.63, 3.8) is 0 Å². The van der Waals surface area contributed by atoms with Crippen LogP contribution in [0.5, 0.6) is 0 Å². The Labute approximate surface area is 449 Å². The van der Waals surface area contributed by atoms with Crippen LogP contribution < -0.4 is 5.32 Å². The Morgan fingerprint density at radius 3 is 0.958 bits per heavy atom. The third kappa shape index (κ3) is 53.1. The molecule has 0 aromatic rings. The van der Waals surface area contributed by atoms with Gasteiger partial charge in [0, 0.05) is 0 Å². The smallest absolute Gasteiger partial charge is 0.249 e. The highest BCUT2D eigenvalue weighted by molar-refractivity contribution is 5.80. The van der Waals surface area contributed by atoms with Crippen molar-refractivity contribution in [3.05, 3.63) is 48.6 Å². The highest BCUT2D eigenvalue weighted by atomic mass is 16.3. The quantitative estimate of drug-likeness (QED) is 0.0308. The standard InChI is InChI=1S/C66H125NO5/c1-3-5-7-9-11-13-15-17-19-21-23-25-27-28-29-30-31-32-33-34-35-36-37-38-40-42-44-46-48-50-52-54-56-58-60-64(70)66(72)67-62(61-68)65(71)63(69)59-57-55-53-51-49-47-45-43-41-39-26-24-22-20-18-16-14-12-10-8-6-4-2/h27-28,30-31,43,45,51,53,62-65,68-71H,3-26,29,32-42,44,46-50,52,54-61H2,1-2H3,(H,67,72)/b28-27-,31-30-,45-43+,53-51+. The lowest BCUT2D eigenvalue weighted by Crippen LogP contribution is -2.53. The fourth-order valence-corrected chi connectivity index (χ4v) is 9.98. The summed E-state index contributed by atoms with van der Waals surface area (Å²) in [5.41, 5.74) is 0. The molecule has 424 valence electrons. The molecule has 0 radical (unpaired) electrons. The van der Waals surface area contributed by atoms with Gasteiger partial charge in [-0.2, -0.15) is 0 Å². The minimum atomic E-state index is -1.29. The SMILES string of the molecule is CCCCCCCCCCCCC/C=C\C/C=C\CCCCCCCCCCCCCCCCCCC(O)C(=O)NC(CO)C(O)C(O)CCC/C=C/CC/C=C/CCCCCCCCCCCCCCC. The van der Waals surface area contributed by atoms with Crippen LogP contribution in [0.2, 0.25) is 0 Å². The summed E-state index contributed by atoms with van der Waals surface area (Å²) in [5, 5.41) is 44.1. The van der Waals surface area contributed by atoms with Crippen LogP contribution in [0, 0.1) is 0 Å². The van der Waals surface area contributed by atoms with E-state index in [4.69, 9.17) is 0 Å². The second-order valence-corrected chi connectivity index (χ2v) is 22.1. The van der Waals surface area contributed by atoms with Gasteiger partial charge < -0.3 is 25.7 Å². The molecule has 0 aromatic heterocycles. The molecular formula is C66H125NO5. The highest BCUT2D eigenvalue weighted by Crippen LogP contribution is 2.18. The second-order valence-electron chi connectivity index (χ2n) is 22.1. The lowest BCUT2D eigenvalue weighted by atomic mass is 10.00. The van der Waals surface area contributed by atoms with E-state index in [9.17, 15) is 25.2 Å². The van der Waals surface area contributed by atoms with Crippen LogP contribution in [-0.2, 0) is 4.79 Å². The van der Waals surface area contributed by atoms with Gasteiger partial charge in [0.1, 0.15) is 12.2 Å². The number of hydrogen-bond acceptors (Lipinski definition) is 5. The predicted molar refractivity (Wildman–Crippen MR) is 316 cm³/mol. The lowest BCUT2D eigenvalue weighted by Gasteiger charge is -2.27. The largest absolute Gasteiger partial charge is 0.394 e. The molecule has 0 aromatic carbocycles. The number of amides is 1. The van der Waals surface area contributed by atoms with Gasteiger partial charge in [-0.3, -0.25) is 4.79 Å². The van der Waals surface area contributed by atoms with E-state index in [1.54, 1.807) is 0 Å². The zero-order chi connectivity index (χ0) is 52.3. The van der Waals surface area contributed by atoms with Gasteiger partial charge >= 0.3 is 0 Å². The normalized spacial score (nSPS) is 13.9. The summed E-state index contributed by atoms with van der Waals surface area (Å²) in [5.74, 6) is -0.594. The monoisotopic (exact) mass is 1010 g/mol. The van der Waals surface area contributed by atoms with E-state index in [1.807, 2.05) is 0 Å². The van der Waals surface area contributed by atoms with Gasteiger partial charge in [-0.25, -0.2) is 0 Å². The van der Waals surface area contributed by atoms with Crippen molar-refractivity contribution in [3.8, 4) is 0 Å². The topological polar surface area (TPSA) is 110 Å². The molecule has 72 heavy (non-hydrogen) atoms. The predicted octanol–water partition coefficient (Wildman–Crippen LogP) is 19.3. The first-order chi connectivity index (χ1) is 35.5. The number of hydrogen-bond donors (Lipinski definition) is 5. The zero-order valence-electron chi connectivity index (χ0n) is 48.2. The van der Waals surface area contributed by atoms with Crippen LogP contribution in [0.1, 0.15) is 335 Å². The van der Waals surface area contributed by atoms with Gasteiger partial charge in [0.05, 0.1) is 18.8 Å². The molecule has 0 heterocycles. The van der Waals surface area contributed by atoms with Gasteiger partial charge in [-0.15, -0.1) is 0 Å². The first-order valence-electron chi connectivity index (χ1n) is 32.0. The Balaban J connectivity index is 3.61. The molecule has 4 atom stereocenters. The first-order valence-corrected chi connectivity index (χ1v) is 32.0. The van der Waals surface area contributed by atoms with Crippen LogP contribution in [0.3, 0.4) is 0 Å². The Morgan fingerprint density at radius 2 is 0.625 bits per heavy atom. The Morgan fingerprint density at radius 1 is 0.347 bits per heavy atom. The van der Waals surface area contributed by atoms with E-state index in [-0.39, 0.29) is 0 Å². The summed E-state index contributed by atoms with van der Waals surface area (Å²) in [4.78, 5) is 12.6. The van der Waals surface area contributed by atoms with Gasteiger partial charge in [0.2, 0.25) is 5.91 Å². The van der Waals surface area contributed by atoms with Crippen LogP contribution >= 0.6 is 0 Å². The third-order valence-electron chi connectivity index (χ3n) is 15.0. The maximum absolute atomic E-state index is 12.6. The molecule has 0 aliphatic heterocycles. The van der Waals surface area contributed by atoms with Gasteiger partial charge in [0.15, 0.2) is 0 Å². The van der Waals surface area contributed by atoms with Crippen molar-refractivity contribution in [2.75, 3.05) is 6.61 Å². The molecule has 6 nitrogen and oxygen atoms in total. The van der Waals surface area contributed by atoms with E-state index in [1.165, 1.54) is 257 Å². The number of nitrogens with one attached hydrogen (secondary N) is 1. The van der Waals surface area contributed by atoms with Crippen molar-refractivity contribution in [1.29, 1.82) is 0 Å². The van der Waals surface area contributed by atoms with E-state index in [0.29, 0.717) is 19.3 Å². The van der Waals surface area contributed by atoms with Crippen molar-refractivity contribution >= 4 is 5.91 Å². The number of rotatable bonds is 59. The van der Waals surface area contributed by atoms with E-state index in [0.717, 1.165) is 44.9 Å². The Hall–Kier alpha value is -1.73. The summed E-state index contributed by atoms with van der Waals surface area (Å²) in [6.07, 6.45) is 77.8. The molecule has 0 saturated carbocycles. The molecule has 4 unspecified atom stereocenters.